The number of aliphatic hydroxyl groups is 1. The fourth-order valence-electron chi connectivity index (χ4n) is 1.37. The number of carbonyl (C=O) groups excluding carboxylic acids is 1. The highest BCUT2D eigenvalue weighted by Gasteiger charge is 2.29. The van der Waals surface area contributed by atoms with Crippen molar-refractivity contribution in [3.8, 4) is 0 Å². The van der Waals surface area contributed by atoms with Crippen LogP contribution in [0.5, 0.6) is 0 Å². The number of carbonyl (C=O) groups is 1. The first-order chi connectivity index (χ1) is 8.47. The van der Waals surface area contributed by atoms with Crippen LogP contribution in [0, 0.1) is 0 Å². The predicted molar refractivity (Wildman–Crippen MR) is 73.9 cm³/mol. The van der Waals surface area contributed by atoms with Gasteiger partial charge in [-0.15, -0.1) is 0 Å². The van der Waals surface area contributed by atoms with Crippen LogP contribution in [0.25, 0.3) is 0 Å². The van der Waals surface area contributed by atoms with Crippen molar-refractivity contribution in [3.63, 3.8) is 0 Å². The van der Waals surface area contributed by atoms with E-state index in [0.717, 1.165) is 0 Å². The first-order valence-corrected chi connectivity index (χ1v) is 7.73. The maximum atomic E-state index is 11.8. The molecule has 0 spiro atoms. The number of hydrogen-bond acceptors (Lipinski definition) is 6. The van der Waals surface area contributed by atoms with Crippen molar-refractivity contribution >= 4 is 30.4 Å². The van der Waals surface area contributed by atoms with Gasteiger partial charge in [0.25, 0.3) is 0 Å². The highest BCUT2D eigenvalue weighted by Crippen LogP contribution is 2.25. The van der Waals surface area contributed by atoms with Crippen molar-refractivity contribution in [2.24, 2.45) is 0 Å². The van der Waals surface area contributed by atoms with E-state index < -0.39 is 19.0 Å². The van der Waals surface area contributed by atoms with Crippen molar-refractivity contribution in [3.05, 3.63) is 23.8 Å². The van der Waals surface area contributed by atoms with Crippen LogP contribution >= 0.6 is 6.90 Å². The van der Waals surface area contributed by atoms with Crippen LogP contribution in [-0.2, 0) is 26.6 Å². The van der Waals surface area contributed by atoms with E-state index in [2.05, 4.69) is 5.25 Å². The van der Waals surface area contributed by atoms with Crippen LogP contribution in [0.1, 0.15) is 13.8 Å². The van der Waals surface area contributed by atoms with Crippen LogP contribution in [0.15, 0.2) is 23.8 Å². The normalized spacial score (nSPS) is 21.9. The Morgan fingerprint density at radius 1 is 1.61 bits per heavy atom. The first-order valence-electron chi connectivity index (χ1n) is 5.37. The fraction of sp³-hybridized carbons (Fsp3) is 0.455. The van der Waals surface area contributed by atoms with E-state index >= 15 is 0 Å². The molecule has 2 unspecified atom stereocenters. The van der Waals surface area contributed by atoms with Gasteiger partial charge in [0, 0.05) is 0 Å². The van der Waals surface area contributed by atoms with Gasteiger partial charge in [-0.25, -0.2) is 4.79 Å². The number of ether oxygens (including phenoxy) is 1. The van der Waals surface area contributed by atoms with E-state index in [1.807, 2.05) is 0 Å². The molecule has 2 atom stereocenters. The minimum Gasteiger partial charge on any atom is -0.468 e. The molecule has 0 bridgehead atoms. The van der Waals surface area contributed by atoms with Gasteiger partial charge in [0.1, 0.15) is 6.10 Å². The smallest absolute Gasteiger partial charge is 0.337 e. The van der Waals surface area contributed by atoms with E-state index in [0.29, 0.717) is 5.29 Å². The molecular formula is C11H16NO4PS. The summed E-state index contributed by atoms with van der Waals surface area (Å²) < 4.78 is 5.06. The Hall–Kier alpha value is -0.650. The molecule has 18 heavy (non-hydrogen) atoms. The van der Waals surface area contributed by atoms with Crippen LogP contribution in [0.3, 0.4) is 0 Å². The summed E-state index contributed by atoms with van der Waals surface area (Å²) in [6.07, 6.45) is 3.60. The quantitative estimate of drug-likeness (QED) is 0.348. The van der Waals surface area contributed by atoms with Gasteiger partial charge in [0.15, 0.2) is 5.29 Å². The van der Waals surface area contributed by atoms with Crippen molar-refractivity contribution in [2.45, 2.75) is 26.1 Å². The summed E-state index contributed by atoms with van der Waals surface area (Å²) in [5, 5.41) is 13.2. The second-order valence-corrected chi connectivity index (χ2v) is 6.24. The van der Waals surface area contributed by atoms with Crippen molar-refractivity contribution in [1.82, 2.24) is 5.25 Å². The molecule has 0 aromatic carbocycles. The zero-order valence-electron chi connectivity index (χ0n) is 10.4. The van der Waals surface area contributed by atoms with E-state index in [4.69, 9.17) is 21.8 Å². The van der Waals surface area contributed by atoms with Gasteiger partial charge in [-0.1, -0.05) is 6.08 Å². The fourth-order valence-corrected chi connectivity index (χ4v) is 2.93. The summed E-state index contributed by atoms with van der Waals surface area (Å²) in [6, 6.07) is 0. The van der Waals surface area contributed by atoms with E-state index in [9.17, 15) is 9.90 Å². The average molecular weight is 289 g/mol. The highest BCUT2D eigenvalue weighted by atomic mass is 32.7. The minimum absolute atomic E-state index is 0.191. The molecule has 5 nitrogen and oxygen atoms in total. The summed E-state index contributed by atoms with van der Waals surface area (Å²) in [7, 11) is 1.45. The van der Waals surface area contributed by atoms with Crippen LogP contribution in [0.2, 0.25) is 0 Å². The molecule has 0 saturated carbocycles. The maximum absolute atomic E-state index is 11.8. The van der Waals surface area contributed by atoms with Crippen LogP contribution < -0.4 is 5.25 Å². The van der Waals surface area contributed by atoms with Crippen molar-refractivity contribution in [1.29, 1.82) is 0 Å². The largest absolute Gasteiger partial charge is 0.468 e. The molecule has 0 heterocycles. The predicted octanol–water partition coefficient (Wildman–Crippen LogP) is 0.977. The molecule has 1 aliphatic carbocycles. The minimum atomic E-state index is -1.27. The molecule has 0 saturated heterocycles. The summed E-state index contributed by atoms with van der Waals surface area (Å²) in [5.41, 5.74) is 0.191. The topological polar surface area (TPSA) is 67.8 Å². The number of esters is 1. The van der Waals surface area contributed by atoms with Gasteiger partial charge in [-0.3, -0.25) is 4.84 Å². The van der Waals surface area contributed by atoms with Crippen molar-refractivity contribution < 1.29 is 19.5 Å². The van der Waals surface area contributed by atoms with Gasteiger partial charge in [-0.05, 0) is 31.3 Å². The van der Waals surface area contributed by atoms with Gasteiger partial charge in [-0.2, -0.15) is 0 Å². The van der Waals surface area contributed by atoms with Gasteiger partial charge < -0.3 is 22.1 Å². The molecule has 0 aromatic rings. The Balaban J connectivity index is 2.91. The second kappa shape index (κ2) is 7.07. The molecule has 7 heteroatoms. The third-order valence-electron chi connectivity index (χ3n) is 2.10. The van der Waals surface area contributed by atoms with Gasteiger partial charge in [0.2, 0.25) is 0 Å². The summed E-state index contributed by atoms with van der Waals surface area (Å²) in [4.78, 5) is 16.5. The molecule has 0 radical (unpaired) electrons. The number of rotatable bonds is 4. The lowest BCUT2D eigenvalue weighted by atomic mass is 10.0. The van der Waals surface area contributed by atoms with E-state index in [1.165, 1.54) is 13.2 Å². The molecule has 0 aliphatic heterocycles. The average Bonchev–Trinajstić information content (AvgIpc) is 2.28. The summed E-state index contributed by atoms with van der Waals surface area (Å²) >= 11 is 5.16. The molecule has 1 aliphatic rings. The molecule has 0 fully saturated rings. The Morgan fingerprint density at radius 2 is 2.28 bits per heavy atom. The lowest BCUT2D eigenvalue weighted by molar-refractivity contribution is -0.143. The molecule has 0 aromatic heterocycles. The Morgan fingerprint density at radius 3 is 2.83 bits per heavy atom. The van der Waals surface area contributed by atoms with Crippen LogP contribution in [0.4, 0.5) is 0 Å². The van der Waals surface area contributed by atoms with Crippen LogP contribution in [-0.4, -0.2) is 35.7 Å². The summed E-state index contributed by atoms with van der Waals surface area (Å²) in [5.74, 6) is -0.532. The lowest BCUT2D eigenvalue weighted by Gasteiger charge is -2.18. The molecule has 100 valence electrons. The standard InChI is InChI=1S/C11H16NO4PS/c1-7(2)16-11(14)8-5-4-6-9(10(8)13)17(18)12-15-3/h4-7,10,12-13H,1-3H3. The Bertz CT molecular complexity index is 417. The monoisotopic (exact) mass is 289 g/mol. The van der Waals surface area contributed by atoms with E-state index in [1.54, 1.807) is 26.0 Å². The number of hydrogen-bond donors (Lipinski definition) is 2. The summed E-state index contributed by atoms with van der Waals surface area (Å²) in [6.45, 7) is 2.23. The molecule has 1 rings (SSSR count). The highest BCUT2D eigenvalue weighted by molar-refractivity contribution is 8.31. The van der Waals surface area contributed by atoms with Crippen molar-refractivity contribution in [2.75, 3.05) is 7.11 Å². The Labute approximate surface area is 112 Å². The maximum Gasteiger partial charge on any atom is 0.337 e. The molecule has 2 N–H and O–H groups in total. The third-order valence-corrected chi connectivity index (χ3v) is 4.17. The zero-order valence-corrected chi connectivity index (χ0v) is 12.1. The zero-order chi connectivity index (χ0) is 13.7. The molecular weight excluding hydrogens is 273 g/mol. The number of aliphatic hydroxyl groups excluding tert-OH is 1. The van der Waals surface area contributed by atoms with E-state index in [-0.39, 0.29) is 11.7 Å². The third kappa shape index (κ3) is 3.93. The Kier molecular flexibility index (Phi) is 6.05. The second-order valence-electron chi connectivity index (χ2n) is 3.85. The first kappa shape index (κ1) is 15.4. The van der Waals surface area contributed by atoms with Gasteiger partial charge >= 0.3 is 5.97 Å². The SMILES string of the molecule is CON[P+]([S-])=C1C=CC=C(C(=O)OC(C)C)C1O. The van der Waals surface area contributed by atoms with Gasteiger partial charge in [0.05, 0.1) is 25.7 Å². The number of allylic oxidation sites excluding steroid dienone is 2. The molecule has 0 amide bonds. The lowest BCUT2D eigenvalue weighted by Crippen LogP contribution is -2.30. The number of nitrogens with one attached hydrogen (secondary N) is 1.